The number of aromatic nitrogens is 1. The van der Waals surface area contributed by atoms with Crippen LogP contribution in [0.25, 0.3) is 0 Å². The molecule has 72 valence electrons. The van der Waals surface area contributed by atoms with Crippen molar-refractivity contribution in [3.05, 3.63) is 21.3 Å². The van der Waals surface area contributed by atoms with Crippen molar-refractivity contribution in [2.24, 2.45) is 0 Å². The summed E-state index contributed by atoms with van der Waals surface area (Å²) >= 11 is 3.31. The van der Waals surface area contributed by atoms with Gasteiger partial charge in [0, 0.05) is 5.69 Å². The highest BCUT2D eigenvalue weighted by Crippen LogP contribution is 2.31. The van der Waals surface area contributed by atoms with Crippen molar-refractivity contribution in [3.8, 4) is 6.07 Å². The molecule has 0 atom stereocenters. The number of nitrogen functional groups attached to an aromatic ring is 1. The minimum atomic E-state index is 0.433. The van der Waals surface area contributed by atoms with Crippen LogP contribution in [0.3, 0.4) is 0 Å². The molecule has 14 heavy (non-hydrogen) atoms. The second-order valence-electron chi connectivity index (χ2n) is 3.43. The fraction of sp³-hybridized carbons (Fsp3) is 0.400. The van der Waals surface area contributed by atoms with E-state index in [9.17, 15) is 0 Å². The van der Waals surface area contributed by atoms with Crippen LogP contribution in [-0.2, 0) is 12.8 Å². The molecule has 0 saturated carbocycles. The highest BCUT2D eigenvalue weighted by Gasteiger charge is 2.19. The molecular formula is C10H10BrN3. The number of hydrogen-bond donors (Lipinski definition) is 1. The number of nitriles is 1. The van der Waals surface area contributed by atoms with E-state index in [0.29, 0.717) is 15.9 Å². The number of hydrogen-bond acceptors (Lipinski definition) is 3. The first-order chi connectivity index (χ1) is 6.74. The van der Waals surface area contributed by atoms with Crippen molar-refractivity contribution in [3.63, 3.8) is 0 Å². The highest BCUT2D eigenvalue weighted by atomic mass is 79.9. The lowest BCUT2D eigenvalue weighted by atomic mass is 9.92. The third kappa shape index (κ3) is 1.38. The van der Waals surface area contributed by atoms with E-state index < -0.39 is 0 Å². The molecule has 2 N–H and O–H groups in total. The zero-order valence-corrected chi connectivity index (χ0v) is 9.26. The topological polar surface area (TPSA) is 62.7 Å². The van der Waals surface area contributed by atoms with E-state index in [2.05, 4.69) is 27.0 Å². The number of pyridine rings is 1. The Morgan fingerprint density at radius 1 is 1.36 bits per heavy atom. The average Bonchev–Trinajstić information content (AvgIpc) is 2.20. The van der Waals surface area contributed by atoms with Gasteiger partial charge >= 0.3 is 0 Å². The van der Waals surface area contributed by atoms with Crippen molar-refractivity contribution >= 4 is 21.7 Å². The van der Waals surface area contributed by atoms with Crippen LogP contribution in [0.4, 0.5) is 5.82 Å². The van der Waals surface area contributed by atoms with Crippen molar-refractivity contribution in [1.82, 2.24) is 4.98 Å². The standard InChI is InChI=1S/C10H10BrN3/c11-9-7(5-12)6-3-1-2-4-8(6)14-10(9)13/h1-4H2,(H2,13,14). The summed E-state index contributed by atoms with van der Waals surface area (Å²) in [7, 11) is 0. The third-order valence-electron chi connectivity index (χ3n) is 2.55. The van der Waals surface area contributed by atoms with Gasteiger partial charge in [-0.1, -0.05) is 0 Å². The van der Waals surface area contributed by atoms with Crippen LogP contribution in [0.5, 0.6) is 0 Å². The monoisotopic (exact) mass is 251 g/mol. The SMILES string of the molecule is N#Cc1c(Br)c(N)nc2c1CCCC2. The average molecular weight is 252 g/mol. The Morgan fingerprint density at radius 2 is 2.07 bits per heavy atom. The quantitative estimate of drug-likeness (QED) is 0.769. The van der Waals surface area contributed by atoms with Crippen molar-refractivity contribution in [2.75, 3.05) is 5.73 Å². The maximum atomic E-state index is 9.04. The lowest BCUT2D eigenvalue weighted by Gasteiger charge is -2.17. The molecule has 3 nitrogen and oxygen atoms in total. The van der Waals surface area contributed by atoms with Gasteiger partial charge in [0.1, 0.15) is 11.9 Å². The molecule has 0 aromatic carbocycles. The summed E-state index contributed by atoms with van der Waals surface area (Å²) in [5.74, 6) is 0.433. The van der Waals surface area contributed by atoms with Crippen LogP contribution in [0.1, 0.15) is 29.7 Å². The van der Waals surface area contributed by atoms with Gasteiger partial charge in [0.15, 0.2) is 0 Å². The van der Waals surface area contributed by atoms with Crippen molar-refractivity contribution in [2.45, 2.75) is 25.7 Å². The molecule has 0 radical (unpaired) electrons. The lowest BCUT2D eigenvalue weighted by molar-refractivity contribution is 0.666. The van der Waals surface area contributed by atoms with Crippen LogP contribution >= 0.6 is 15.9 Å². The number of aryl methyl sites for hydroxylation is 1. The zero-order chi connectivity index (χ0) is 10.1. The maximum Gasteiger partial charge on any atom is 0.139 e. The van der Waals surface area contributed by atoms with E-state index in [1.54, 1.807) is 0 Å². The molecule has 0 saturated heterocycles. The number of rotatable bonds is 0. The molecule has 0 unspecified atom stereocenters. The molecule has 0 spiro atoms. The first kappa shape index (κ1) is 9.47. The Labute approximate surface area is 91.1 Å². The molecule has 1 aromatic rings. The predicted octanol–water partition coefficient (Wildman–Crippen LogP) is 2.18. The number of nitrogens with zero attached hydrogens (tertiary/aromatic N) is 2. The third-order valence-corrected chi connectivity index (χ3v) is 3.35. The summed E-state index contributed by atoms with van der Waals surface area (Å²) < 4.78 is 0.653. The van der Waals surface area contributed by atoms with Gasteiger partial charge in [0.2, 0.25) is 0 Å². The number of halogens is 1. The van der Waals surface area contributed by atoms with Gasteiger partial charge < -0.3 is 5.73 Å². The minimum absolute atomic E-state index is 0.433. The molecule has 1 aromatic heterocycles. The molecule has 1 aliphatic carbocycles. The maximum absolute atomic E-state index is 9.04. The Hall–Kier alpha value is -1.08. The molecule has 1 heterocycles. The summed E-state index contributed by atoms with van der Waals surface area (Å²) in [6, 6.07) is 2.20. The zero-order valence-electron chi connectivity index (χ0n) is 7.68. The molecule has 1 aliphatic rings. The summed E-state index contributed by atoms with van der Waals surface area (Å²) in [6.07, 6.45) is 4.18. The fourth-order valence-corrected chi connectivity index (χ4v) is 2.27. The number of nitrogens with two attached hydrogens (primary N) is 1. The van der Waals surface area contributed by atoms with Crippen LogP contribution < -0.4 is 5.73 Å². The largest absolute Gasteiger partial charge is 0.383 e. The van der Waals surface area contributed by atoms with Gasteiger partial charge in [-0.05, 0) is 47.2 Å². The predicted molar refractivity (Wildman–Crippen MR) is 57.7 cm³/mol. The van der Waals surface area contributed by atoms with E-state index in [0.717, 1.165) is 36.9 Å². The van der Waals surface area contributed by atoms with Crippen LogP contribution in [0.15, 0.2) is 4.47 Å². The van der Waals surface area contributed by atoms with E-state index in [1.165, 1.54) is 0 Å². The molecule has 0 amide bonds. The van der Waals surface area contributed by atoms with Crippen LogP contribution in [0, 0.1) is 11.3 Å². The lowest BCUT2D eigenvalue weighted by Crippen LogP contribution is -2.10. The highest BCUT2D eigenvalue weighted by molar-refractivity contribution is 9.10. The molecule has 0 aliphatic heterocycles. The smallest absolute Gasteiger partial charge is 0.139 e. The second kappa shape index (κ2) is 3.58. The Morgan fingerprint density at radius 3 is 2.79 bits per heavy atom. The van der Waals surface area contributed by atoms with Gasteiger partial charge in [0.25, 0.3) is 0 Å². The van der Waals surface area contributed by atoms with E-state index in [4.69, 9.17) is 11.0 Å². The Kier molecular flexibility index (Phi) is 2.42. The minimum Gasteiger partial charge on any atom is -0.383 e. The van der Waals surface area contributed by atoms with E-state index in [1.807, 2.05) is 0 Å². The van der Waals surface area contributed by atoms with E-state index in [-0.39, 0.29) is 0 Å². The van der Waals surface area contributed by atoms with Crippen LogP contribution in [0.2, 0.25) is 0 Å². The summed E-state index contributed by atoms with van der Waals surface area (Å²) in [5, 5.41) is 9.04. The van der Waals surface area contributed by atoms with E-state index >= 15 is 0 Å². The number of fused-ring (bicyclic) bond motifs is 1. The Balaban J connectivity index is 2.67. The summed E-state index contributed by atoms with van der Waals surface area (Å²) in [4.78, 5) is 4.30. The van der Waals surface area contributed by atoms with Gasteiger partial charge in [-0.2, -0.15) is 5.26 Å². The fourth-order valence-electron chi connectivity index (χ4n) is 1.85. The summed E-state index contributed by atoms with van der Waals surface area (Å²) in [5.41, 5.74) is 8.48. The normalized spacial score (nSPS) is 14.6. The van der Waals surface area contributed by atoms with Gasteiger partial charge in [0.05, 0.1) is 10.0 Å². The second-order valence-corrected chi connectivity index (χ2v) is 4.22. The number of anilines is 1. The van der Waals surface area contributed by atoms with Gasteiger partial charge in [-0.25, -0.2) is 4.98 Å². The van der Waals surface area contributed by atoms with Crippen molar-refractivity contribution < 1.29 is 0 Å². The molecule has 0 fully saturated rings. The molecule has 0 bridgehead atoms. The summed E-state index contributed by atoms with van der Waals surface area (Å²) in [6.45, 7) is 0. The first-order valence-electron chi connectivity index (χ1n) is 4.61. The van der Waals surface area contributed by atoms with Gasteiger partial charge in [-0.15, -0.1) is 0 Å². The Bertz CT molecular complexity index is 420. The molecule has 2 rings (SSSR count). The van der Waals surface area contributed by atoms with Crippen molar-refractivity contribution in [1.29, 1.82) is 5.26 Å². The van der Waals surface area contributed by atoms with Crippen LogP contribution in [-0.4, -0.2) is 4.98 Å². The molecule has 4 heteroatoms. The molecular weight excluding hydrogens is 242 g/mol. The van der Waals surface area contributed by atoms with Gasteiger partial charge in [-0.3, -0.25) is 0 Å². The first-order valence-corrected chi connectivity index (χ1v) is 5.40.